The molecule has 0 aromatic heterocycles. The molecule has 0 spiro atoms. The molecule has 0 bridgehead atoms. The Kier molecular flexibility index (Phi) is 6.84. The van der Waals surface area contributed by atoms with E-state index in [0.717, 1.165) is 0 Å². The number of para-hydroxylation sites is 2. The first-order valence-electron chi connectivity index (χ1n) is 10.1. The van der Waals surface area contributed by atoms with Crippen molar-refractivity contribution >= 4 is 23.8 Å². The molecule has 0 saturated carbocycles. The summed E-state index contributed by atoms with van der Waals surface area (Å²) in [5.41, 5.74) is 2.00. The van der Waals surface area contributed by atoms with Gasteiger partial charge in [0, 0.05) is 33.5 Å². The molecule has 2 N–H and O–H groups in total. The van der Waals surface area contributed by atoms with Crippen LogP contribution in [0.4, 0.5) is 11.4 Å². The Labute approximate surface area is 204 Å². The van der Waals surface area contributed by atoms with Gasteiger partial charge in [0.25, 0.3) is 0 Å². The summed E-state index contributed by atoms with van der Waals surface area (Å²) < 4.78 is 22.5. The molecule has 0 aliphatic carbocycles. The largest absolute Gasteiger partial charge is 0.507 e. The van der Waals surface area contributed by atoms with E-state index in [9.17, 15) is 10.2 Å². The number of phenolic OH excluding ortho intramolecular Hbond substituents is 2. The molecule has 3 aromatic rings. The van der Waals surface area contributed by atoms with E-state index in [1.54, 1.807) is 36.4 Å². The summed E-state index contributed by atoms with van der Waals surface area (Å²) in [6, 6.07) is 13.7. The molecule has 0 radical (unpaired) electrons. The van der Waals surface area contributed by atoms with Gasteiger partial charge in [-0.2, -0.15) is 0 Å². The van der Waals surface area contributed by atoms with Crippen LogP contribution in [0.3, 0.4) is 0 Å². The molecule has 2 aliphatic heterocycles. The minimum absolute atomic E-state index is 0. The van der Waals surface area contributed by atoms with Crippen molar-refractivity contribution in [2.24, 2.45) is 9.98 Å². The van der Waals surface area contributed by atoms with Crippen LogP contribution in [0.25, 0.3) is 0 Å². The molecule has 2 aliphatic rings. The Morgan fingerprint density at radius 3 is 1.48 bits per heavy atom. The molecular weight excluding hydrogens is 607 g/mol. The normalized spacial score (nSPS) is 14.3. The Hall–Kier alpha value is -3.51. The van der Waals surface area contributed by atoms with Crippen LogP contribution in [-0.4, -0.2) is 49.1 Å². The third kappa shape index (κ3) is 4.66. The molecule has 0 fully saturated rings. The third-order valence-electron chi connectivity index (χ3n) is 5.00. The quantitative estimate of drug-likeness (QED) is 0.422. The molecule has 2 heterocycles. The van der Waals surface area contributed by atoms with E-state index < -0.39 is 0 Å². The van der Waals surface area contributed by atoms with Crippen molar-refractivity contribution in [2.75, 3.05) is 26.4 Å². The van der Waals surface area contributed by atoms with E-state index in [1.807, 2.05) is 12.1 Å². The fourth-order valence-electron chi connectivity index (χ4n) is 3.45. The number of rotatable bonds is 4. The molecule has 0 amide bonds. The number of fused-ring (bicyclic) bond motifs is 2. The van der Waals surface area contributed by atoms with Crippen molar-refractivity contribution in [3.05, 3.63) is 59.7 Å². The third-order valence-corrected chi connectivity index (χ3v) is 5.00. The topological polar surface area (TPSA) is 102 Å². The minimum atomic E-state index is 0. The fourth-order valence-corrected chi connectivity index (χ4v) is 3.45. The van der Waals surface area contributed by atoms with Gasteiger partial charge in [-0.3, -0.25) is 9.98 Å². The second-order valence-electron chi connectivity index (χ2n) is 7.05. The summed E-state index contributed by atoms with van der Waals surface area (Å²) in [6.45, 7) is 1.71. The molecule has 33 heavy (non-hydrogen) atoms. The van der Waals surface area contributed by atoms with Crippen molar-refractivity contribution in [1.82, 2.24) is 0 Å². The zero-order chi connectivity index (χ0) is 21.9. The van der Waals surface area contributed by atoms with Crippen LogP contribution in [-0.2, 0) is 21.1 Å². The number of aromatic hydroxyl groups is 2. The number of hydrogen-bond donors (Lipinski definition) is 2. The molecule has 8 nitrogen and oxygen atoms in total. The van der Waals surface area contributed by atoms with Crippen LogP contribution < -0.4 is 18.9 Å². The van der Waals surface area contributed by atoms with E-state index in [1.165, 1.54) is 12.4 Å². The summed E-state index contributed by atoms with van der Waals surface area (Å²) in [5.74, 6) is 2.12. The van der Waals surface area contributed by atoms with E-state index in [0.29, 0.717) is 71.9 Å². The molecule has 9 heteroatoms. The van der Waals surface area contributed by atoms with E-state index in [4.69, 9.17) is 18.9 Å². The number of nitrogens with zero attached hydrogens (tertiary/aromatic N) is 2. The maximum absolute atomic E-state index is 10.3. The van der Waals surface area contributed by atoms with E-state index in [2.05, 4.69) is 9.98 Å². The van der Waals surface area contributed by atoms with Gasteiger partial charge in [-0.15, -0.1) is 0 Å². The molecule has 0 unspecified atom stereocenters. The molecule has 172 valence electrons. The van der Waals surface area contributed by atoms with Gasteiger partial charge in [0.2, 0.25) is 0 Å². The maximum atomic E-state index is 10.3. The predicted octanol–water partition coefficient (Wildman–Crippen LogP) is 4.14. The van der Waals surface area contributed by atoms with Gasteiger partial charge in [0.15, 0.2) is 23.0 Å². The zero-order valence-corrected chi connectivity index (χ0v) is 19.6. The summed E-state index contributed by atoms with van der Waals surface area (Å²) in [5, 5.41) is 20.6. The molecule has 5 rings (SSSR count). The first kappa shape index (κ1) is 22.7. The minimum Gasteiger partial charge on any atom is -0.507 e. The van der Waals surface area contributed by atoms with Crippen molar-refractivity contribution < 1.29 is 50.2 Å². The summed E-state index contributed by atoms with van der Waals surface area (Å²) in [4.78, 5) is 9.03. The Balaban J connectivity index is 0.00000259. The predicted molar refractivity (Wildman–Crippen MR) is 119 cm³/mol. The van der Waals surface area contributed by atoms with Crippen molar-refractivity contribution in [1.29, 1.82) is 0 Å². The number of aliphatic imine (C=N–C) groups is 2. The molecule has 0 saturated heterocycles. The average molecular weight is 628 g/mol. The molecule has 3 aromatic carbocycles. The van der Waals surface area contributed by atoms with Gasteiger partial charge < -0.3 is 29.2 Å². The Morgan fingerprint density at radius 2 is 1.03 bits per heavy atom. The van der Waals surface area contributed by atoms with Crippen LogP contribution in [0.5, 0.6) is 34.5 Å². The molecular formula is C24H20N2O6Pt. The summed E-state index contributed by atoms with van der Waals surface area (Å²) >= 11 is 0. The summed E-state index contributed by atoms with van der Waals surface area (Å²) in [6.07, 6.45) is 3.05. The maximum Gasteiger partial charge on any atom is 0.173 e. The Morgan fingerprint density at radius 1 is 0.606 bits per heavy atom. The van der Waals surface area contributed by atoms with Crippen LogP contribution in [0.1, 0.15) is 11.1 Å². The van der Waals surface area contributed by atoms with Gasteiger partial charge >= 0.3 is 0 Å². The second-order valence-corrected chi connectivity index (χ2v) is 7.05. The number of phenols is 2. The van der Waals surface area contributed by atoms with E-state index in [-0.39, 0.29) is 32.6 Å². The van der Waals surface area contributed by atoms with Crippen molar-refractivity contribution in [3.8, 4) is 34.5 Å². The number of ether oxygens (including phenoxy) is 4. The molecule has 0 atom stereocenters. The van der Waals surface area contributed by atoms with Gasteiger partial charge in [0.1, 0.15) is 37.9 Å². The van der Waals surface area contributed by atoms with Crippen LogP contribution in [0.2, 0.25) is 0 Å². The standard InChI is InChI=1S/C24H20N2O6.Pt/c27-19-5-7-21-23(31-11-9-29-21)15(19)13-25-17-3-1-2-4-18(17)26-14-16-20(28)6-8-22-24(16)32-12-10-30-22;/h1-8,13-14,27-28H,9-12H2;. The number of benzene rings is 3. The average Bonchev–Trinajstić information content (AvgIpc) is 2.83. The number of hydrogen-bond acceptors (Lipinski definition) is 8. The monoisotopic (exact) mass is 627 g/mol. The Bertz CT molecular complexity index is 1130. The van der Waals surface area contributed by atoms with Crippen molar-refractivity contribution in [3.63, 3.8) is 0 Å². The van der Waals surface area contributed by atoms with Crippen LogP contribution in [0.15, 0.2) is 58.5 Å². The van der Waals surface area contributed by atoms with Gasteiger partial charge in [0.05, 0.1) is 22.5 Å². The van der Waals surface area contributed by atoms with Gasteiger partial charge in [-0.25, -0.2) is 0 Å². The summed E-state index contributed by atoms with van der Waals surface area (Å²) in [7, 11) is 0. The second kappa shape index (κ2) is 9.96. The van der Waals surface area contributed by atoms with Crippen LogP contribution >= 0.6 is 0 Å². The zero-order valence-electron chi connectivity index (χ0n) is 17.3. The fraction of sp³-hybridized carbons (Fsp3) is 0.167. The van der Waals surface area contributed by atoms with Crippen LogP contribution in [0, 0.1) is 0 Å². The first-order valence-corrected chi connectivity index (χ1v) is 10.1. The SMILES string of the molecule is Oc1ccc2c(c1C=Nc1ccccc1N=Cc1c(O)ccc3c1OCCO3)OCCO2.[Pt]. The first-order chi connectivity index (χ1) is 15.7. The van der Waals surface area contributed by atoms with Crippen molar-refractivity contribution in [2.45, 2.75) is 0 Å². The van der Waals surface area contributed by atoms with E-state index >= 15 is 0 Å². The van der Waals surface area contributed by atoms with Gasteiger partial charge in [-0.05, 0) is 36.4 Å². The smallest absolute Gasteiger partial charge is 0.173 e. The van der Waals surface area contributed by atoms with Gasteiger partial charge in [-0.1, -0.05) is 12.1 Å².